The largest absolute Gasteiger partial charge is 0.452 e. The van der Waals surface area contributed by atoms with Crippen molar-refractivity contribution in [1.29, 1.82) is 0 Å². The topological polar surface area (TPSA) is 47.6 Å². The maximum absolute atomic E-state index is 9.95. The summed E-state index contributed by atoms with van der Waals surface area (Å²) in [5.74, 6) is 0. The molecule has 2 aliphatic heterocycles. The first-order chi connectivity index (χ1) is 63.7. The Balaban J connectivity index is 0.892. The second-order valence-corrected chi connectivity index (χ2v) is 40.0. The average Bonchev–Trinajstić information content (AvgIpc) is 1.62. The number of benzene rings is 15. The Bertz CT molecular complexity index is 8420. The quantitative estimate of drug-likeness (QED) is 0.149. The lowest BCUT2D eigenvalue weighted by molar-refractivity contribution is 0.569. The molecule has 0 atom stereocenters. The van der Waals surface area contributed by atoms with Gasteiger partial charge in [0.05, 0.1) is 73.7 Å². The Kier molecular flexibility index (Phi) is 13.4. The molecule has 0 amide bonds. The SMILES string of the molecule is [2H]c1c([2H])c([2H])c(-c2ccc3c(c2)N(c2cccc4c2oc2c(-n5c6ccc(C(C)(C)C)cc6c6cc(C(C)(C)C)ccc65)cccc24)c2cc(-c4cc(C(C)(C)C)cc(C(C)(C)C)c4)cc4c2B3c2ccc(-n3c5c([2H])c([2H])c([2H])c([2H])c5c5c([2H])c([2H])c([2H])c([2H])c53)cc2N4c2cccc3c2oc2c(-n4c5ccc(C(C)(C)C)cc5c5cc(C(C)(C)C)ccc54)cccc23)c([2H])c1[2H]. The van der Waals surface area contributed by atoms with Gasteiger partial charge in [-0.3, -0.25) is 0 Å². The minimum Gasteiger partial charge on any atom is -0.452 e. The number of furan rings is 2. The monoisotopic (exact) mass is 1600 g/mol. The van der Waals surface area contributed by atoms with Crippen LogP contribution in [0.2, 0.25) is 0 Å². The van der Waals surface area contributed by atoms with Crippen molar-refractivity contribution in [2.24, 2.45) is 0 Å². The Morgan fingerprint density at radius 2 is 0.582 bits per heavy atom. The minimum absolute atomic E-state index is 0.00580. The van der Waals surface area contributed by atoms with Gasteiger partial charge in [0.1, 0.15) is 0 Å². The van der Waals surface area contributed by atoms with Gasteiger partial charge in [-0.1, -0.05) is 300 Å². The van der Waals surface area contributed by atoms with E-state index in [1.165, 1.54) is 22.3 Å². The number of rotatable bonds is 7. The molecule has 122 heavy (non-hydrogen) atoms. The fraction of sp³-hybridized carbons (Fsp3) is 0.211. The van der Waals surface area contributed by atoms with Crippen molar-refractivity contribution in [2.45, 2.75) is 157 Å². The van der Waals surface area contributed by atoms with Crippen molar-refractivity contribution < 1.29 is 26.7 Å². The van der Waals surface area contributed by atoms with Crippen LogP contribution in [-0.4, -0.2) is 20.4 Å². The van der Waals surface area contributed by atoms with Crippen LogP contribution in [0.1, 0.15) is 176 Å². The van der Waals surface area contributed by atoms with Crippen LogP contribution in [-0.2, 0) is 32.5 Å². The van der Waals surface area contributed by atoms with Gasteiger partial charge in [-0.2, -0.15) is 0 Å². The summed E-state index contributed by atoms with van der Waals surface area (Å²) in [7, 11) is 0. The van der Waals surface area contributed by atoms with E-state index in [0.717, 1.165) is 115 Å². The van der Waals surface area contributed by atoms with Crippen molar-refractivity contribution in [3.8, 4) is 39.3 Å². The van der Waals surface area contributed by atoms with Crippen molar-refractivity contribution in [3.63, 3.8) is 0 Å². The molecule has 0 aliphatic carbocycles. The molecule has 20 aromatic rings. The van der Waals surface area contributed by atoms with E-state index in [9.17, 15) is 16.4 Å². The van der Waals surface area contributed by atoms with Crippen LogP contribution in [0.25, 0.3) is 149 Å². The molecule has 0 spiro atoms. The zero-order valence-corrected chi connectivity index (χ0v) is 72.3. The summed E-state index contributed by atoms with van der Waals surface area (Å²) in [5, 5.41) is 7.65. The van der Waals surface area contributed by atoms with E-state index in [1.54, 1.807) is 4.57 Å². The molecule has 5 aromatic heterocycles. The molecule has 0 fully saturated rings. The van der Waals surface area contributed by atoms with Crippen LogP contribution in [0.4, 0.5) is 34.1 Å². The third-order valence-corrected chi connectivity index (χ3v) is 26.1. The van der Waals surface area contributed by atoms with Gasteiger partial charge in [-0.05, 0) is 220 Å². The van der Waals surface area contributed by atoms with Gasteiger partial charge in [-0.25, -0.2) is 0 Å². The first-order valence-electron chi connectivity index (χ1n) is 49.1. The molecule has 7 heterocycles. The summed E-state index contributed by atoms with van der Waals surface area (Å²) in [6, 6.07) is 69.3. The second kappa shape index (κ2) is 26.2. The summed E-state index contributed by atoms with van der Waals surface area (Å²) in [6.07, 6.45) is 0. The third-order valence-electron chi connectivity index (χ3n) is 26.1. The van der Waals surface area contributed by atoms with Gasteiger partial charge in [-0.15, -0.1) is 0 Å². The molecule has 0 bridgehead atoms. The number of anilines is 6. The van der Waals surface area contributed by atoms with Crippen molar-refractivity contribution in [3.05, 3.63) is 324 Å². The zero-order valence-electron chi connectivity index (χ0n) is 85.3. The first kappa shape index (κ1) is 62.1. The van der Waals surface area contributed by atoms with E-state index >= 15 is 0 Å². The van der Waals surface area contributed by atoms with Crippen molar-refractivity contribution >= 4 is 167 Å². The van der Waals surface area contributed by atoms with E-state index in [-0.39, 0.29) is 71.9 Å². The molecule has 0 saturated carbocycles. The third kappa shape index (κ3) is 11.5. The molecule has 8 heteroatoms. The van der Waals surface area contributed by atoms with Gasteiger partial charge in [0.2, 0.25) is 0 Å². The number of aromatic nitrogens is 3. The maximum Gasteiger partial charge on any atom is 0.252 e. The Morgan fingerprint density at radius 1 is 0.238 bits per heavy atom. The van der Waals surface area contributed by atoms with E-state index in [1.807, 2.05) is 36.4 Å². The second-order valence-electron chi connectivity index (χ2n) is 40.0. The predicted molar refractivity (Wildman–Crippen MR) is 521 cm³/mol. The molecule has 7 nitrogen and oxygen atoms in total. The number of para-hydroxylation sites is 6. The van der Waals surface area contributed by atoms with Crippen LogP contribution in [0.15, 0.2) is 300 Å². The highest BCUT2D eigenvalue weighted by molar-refractivity contribution is 7.00. The van der Waals surface area contributed by atoms with Crippen LogP contribution < -0.4 is 26.2 Å². The van der Waals surface area contributed by atoms with Gasteiger partial charge in [0.15, 0.2) is 22.3 Å². The summed E-state index contributed by atoms with van der Waals surface area (Å²) in [5.41, 5.74) is 22.1. The standard InChI is InChI=1S/C114H102BN5O2/c1-109(2,3)71-45-52-92-84(62-71)85-63-72(110(4,5)6)46-53-93(85)117(92)96-40-26-34-80-82-36-28-42-98(107(82)121-105(80)96)119-100-58-68(67-30-20-19-21-31-67)44-50-88(100)115-89-51-49-77(116-90-38-24-22-32-78(90)79-33-23-25-39-91(79)116)66-101(89)120(103-60-70(59-102(119)104(103)115)69-56-75(113(13,14)15)61-76(57-69)114(16,17)18)99-43-29-37-83-81-35-27-41-97(106(81)122-108(83)99)118-94-54-47-73(111(7,8)9)64-86(94)87-65-74(112(10,11)12)48-55-95(87)118/h19-66H,1-18H3/i19D,20D,21D,22D,23D,24D,25D,30D,31D,32D,33D,38D,39D. The van der Waals surface area contributed by atoms with Crippen LogP contribution in [0.5, 0.6) is 0 Å². The minimum atomic E-state index is -0.757. The van der Waals surface area contributed by atoms with Gasteiger partial charge >= 0.3 is 0 Å². The Hall–Kier alpha value is -13.0. The molecule has 0 radical (unpaired) electrons. The van der Waals surface area contributed by atoms with Crippen molar-refractivity contribution in [2.75, 3.05) is 9.80 Å². The molecule has 15 aromatic carbocycles. The van der Waals surface area contributed by atoms with E-state index in [4.69, 9.17) is 10.2 Å². The van der Waals surface area contributed by atoms with Crippen molar-refractivity contribution in [1.82, 2.24) is 13.7 Å². The lowest BCUT2D eigenvalue weighted by atomic mass is 9.33. The summed E-state index contributed by atoms with van der Waals surface area (Å²) >= 11 is 0. The van der Waals surface area contributed by atoms with Crippen LogP contribution in [0.3, 0.4) is 0 Å². The number of hydrogen-bond acceptors (Lipinski definition) is 4. The number of hydrogen-bond donors (Lipinski definition) is 0. The molecule has 0 unspecified atom stereocenters. The zero-order chi connectivity index (χ0) is 95.4. The number of fused-ring (bicyclic) bond motifs is 19. The molecule has 0 N–H and O–H groups in total. The maximum atomic E-state index is 9.95. The smallest absolute Gasteiger partial charge is 0.252 e. The summed E-state index contributed by atoms with van der Waals surface area (Å²) in [4.78, 5) is 4.50. The fourth-order valence-electron chi connectivity index (χ4n) is 19.4. The first-order valence-corrected chi connectivity index (χ1v) is 42.6. The Labute approximate surface area is 733 Å². The highest BCUT2D eigenvalue weighted by Gasteiger charge is 2.46. The lowest BCUT2D eigenvalue weighted by Crippen LogP contribution is -2.61. The highest BCUT2D eigenvalue weighted by Crippen LogP contribution is 2.54. The lowest BCUT2D eigenvalue weighted by Gasteiger charge is -2.44. The van der Waals surface area contributed by atoms with Gasteiger partial charge in [0.25, 0.3) is 6.71 Å². The summed E-state index contributed by atoms with van der Waals surface area (Å²) < 4.78 is 145. The van der Waals surface area contributed by atoms with Gasteiger partial charge in [0, 0.05) is 82.3 Å². The van der Waals surface area contributed by atoms with E-state index in [0.29, 0.717) is 67.7 Å². The molecular formula is C114H102BN5O2. The van der Waals surface area contributed by atoms with Gasteiger partial charge < -0.3 is 32.3 Å². The molecule has 22 rings (SSSR count). The molecule has 598 valence electrons. The molecule has 2 aliphatic rings. The highest BCUT2D eigenvalue weighted by atomic mass is 16.3. The number of nitrogens with zero attached hydrogens (tertiary/aromatic N) is 5. The van der Waals surface area contributed by atoms with E-state index in [2.05, 4.69) is 319 Å². The van der Waals surface area contributed by atoms with E-state index < -0.39 is 73.2 Å². The molecule has 0 saturated heterocycles. The molecular weight excluding hydrogens is 1480 g/mol. The van der Waals surface area contributed by atoms with Crippen LogP contribution in [0, 0.1) is 0 Å². The average molecular weight is 1600 g/mol. The normalized spacial score (nSPS) is 15.1. The predicted octanol–water partition coefficient (Wildman–Crippen LogP) is 30.0. The Morgan fingerprint density at radius 3 is 0.984 bits per heavy atom. The fourth-order valence-corrected chi connectivity index (χ4v) is 19.4. The summed E-state index contributed by atoms with van der Waals surface area (Å²) in [6.45, 7) is 39.6. The van der Waals surface area contributed by atoms with Crippen LogP contribution >= 0.6 is 0 Å².